The summed E-state index contributed by atoms with van der Waals surface area (Å²) in [5, 5.41) is 12.4. The Balaban J connectivity index is 1.83. The first-order chi connectivity index (χ1) is 13.0. The van der Waals surface area contributed by atoms with Crippen molar-refractivity contribution in [2.75, 3.05) is 14.1 Å². The summed E-state index contributed by atoms with van der Waals surface area (Å²) in [4.78, 5) is 26.0. The second-order valence-corrected chi connectivity index (χ2v) is 6.22. The van der Waals surface area contributed by atoms with Gasteiger partial charge in [-0.25, -0.2) is 4.79 Å². The number of ether oxygens (including phenoxy) is 1. The SMILES string of the molecule is CN(C)[C@@H](Cc1ccccc1)C(=O)NC(=N)NC(=O)OCc1ccccc1. The Morgan fingerprint density at radius 3 is 2.07 bits per heavy atom. The monoisotopic (exact) mass is 368 g/mol. The first kappa shape index (κ1) is 20.1. The molecule has 0 aromatic heterocycles. The number of guanidine groups is 1. The van der Waals surface area contributed by atoms with E-state index >= 15 is 0 Å². The second-order valence-electron chi connectivity index (χ2n) is 6.22. The summed E-state index contributed by atoms with van der Waals surface area (Å²) in [6.45, 7) is 0.0855. The molecule has 0 unspecified atom stereocenters. The van der Waals surface area contributed by atoms with Crippen LogP contribution in [0.25, 0.3) is 0 Å². The van der Waals surface area contributed by atoms with Crippen molar-refractivity contribution in [2.24, 2.45) is 0 Å². The van der Waals surface area contributed by atoms with Crippen molar-refractivity contribution in [1.82, 2.24) is 15.5 Å². The van der Waals surface area contributed by atoms with E-state index in [9.17, 15) is 9.59 Å². The molecule has 2 aromatic carbocycles. The molecule has 142 valence electrons. The zero-order chi connectivity index (χ0) is 19.6. The third kappa shape index (κ3) is 6.91. The van der Waals surface area contributed by atoms with E-state index in [4.69, 9.17) is 10.1 Å². The van der Waals surface area contributed by atoms with Crippen LogP contribution in [0.5, 0.6) is 0 Å². The maximum absolute atomic E-state index is 12.5. The summed E-state index contributed by atoms with van der Waals surface area (Å²) in [6, 6.07) is 18.3. The predicted octanol–water partition coefficient (Wildman–Crippen LogP) is 2.14. The van der Waals surface area contributed by atoms with E-state index in [1.807, 2.05) is 60.7 Å². The molecule has 0 aliphatic rings. The van der Waals surface area contributed by atoms with E-state index in [0.717, 1.165) is 11.1 Å². The number of amides is 2. The third-order valence-electron chi connectivity index (χ3n) is 3.89. The van der Waals surface area contributed by atoms with Crippen LogP contribution in [0.15, 0.2) is 60.7 Å². The maximum atomic E-state index is 12.5. The Morgan fingerprint density at radius 2 is 1.52 bits per heavy atom. The van der Waals surface area contributed by atoms with Crippen LogP contribution in [0.1, 0.15) is 11.1 Å². The Kier molecular flexibility index (Phi) is 7.51. The topological polar surface area (TPSA) is 94.5 Å². The Morgan fingerprint density at radius 1 is 0.963 bits per heavy atom. The highest BCUT2D eigenvalue weighted by Crippen LogP contribution is 2.07. The molecule has 0 heterocycles. The van der Waals surface area contributed by atoms with Gasteiger partial charge < -0.3 is 4.74 Å². The quantitative estimate of drug-likeness (QED) is 0.538. The molecule has 0 aliphatic heterocycles. The smallest absolute Gasteiger partial charge is 0.414 e. The first-order valence-electron chi connectivity index (χ1n) is 8.53. The molecule has 7 nitrogen and oxygen atoms in total. The summed E-state index contributed by atoms with van der Waals surface area (Å²) in [5.74, 6) is -0.796. The Labute approximate surface area is 158 Å². The van der Waals surface area contributed by atoms with Crippen LogP contribution in [-0.4, -0.2) is 43.0 Å². The van der Waals surface area contributed by atoms with Crippen molar-refractivity contribution in [3.8, 4) is 0 Å². The first-order valence-corrected chi connectivity index (χ1v) is 8.53. The average Bonchev–Trinajstić information content (AvgIpc) is 2.65. The molecule has 0 saturated heterocycles. The highest BCUT2D eigenvalue weighted by Gasteiger charge is 2.22. The summed E-state index contributed by atoms with van der Waals surface area (Å²) in [5.41, 5.74) is 1.84. The zero-order valence-corrected chi connectivity index (χ0v) is 15.4. The van der Waals surface area contributed by atoms with Crippen LogP contribution in [0, 0.1) is 5.41 Å². The molecular formula is C20H24N4O3. The van der Waals surface area contributed by atoms with Gasteiger partial charge in [-0.1, -0.05) is 60.7 Å². The van der Waals surface area contributed by atoms with Gasteiger partial charge in [-0.2, -0.15) is 0 Å². The fourth-order valence-corrected chi connectivity index (χ4v) is 2.45. The minimum absolute atomic E-state index is 0.0855. The number of rotatable bonds is 6. The number of benzene rings is 2. The van der Waals surface area contributed by atoms with Crippen molar-refractivity contribution in [2.45, 2.75) is 19.1 Å². The van der Waals surface area contributed by atoms with E-state index in [0.29, 0.717) is 6.42 Å². The Bertz CT molecular complexity index is 763. The Hall–Kier alpha value is -3.19. The number of nitrogens with one attached hydrogen (secondary N) is 3. The van der Waals surface area contributed by atoms with Gasteiger partial charge in [0.2, 0.25) is 11.9 Å². The van der Waals surface area contributed by atoms with E-state index in [1.165, 1.54) is 0 Å². The summed E-state index contributed by atoms with van der Waals surface area (Å²) in [6.07, 6.45) is -0.306. The van der Waals surface area contributed by atoms with E-state index in [2.05, 4.69) is 10.6 Å². The maximum Gasteiger partial charge on any atom is 0.414 e. The number of nitrogens with zero attached hydrogens (tertiary/aromatic N) is 1. The molecule has 2 rings (SSSR count). The molecule has 0 aliphatic carbocycles. The molecule has 27 heavy (non-hydrogen) atoms. The van der Waals surface area contributed by atoms with Gasteiger partial charge in [-0.3, -0.25) is 25.7 Å². The minimum atomic E-state index is -0.798. The highest BCUT2D eigenvalue weighted by molar-refractivity contribution is 6.03. The lowest BCUT2D eigenvalue weighted by molar-refractivity contribution is -0.124. The molecule has 7 heteroatoms. The largest absolute Gasteiger partial charge is 0.444 e. The summed E-state index contributed by atoms with van der Waals surface area (Å²) < 4.78 is 5.03. The van der Waals surface area contributed by atoms with E-state index < -0.39 is 18.1 Å². The number of carbonyl (C=O) groups is 2. The number of hydrogen-bond donors (Lipinski definition) is 3. The number of likely N-dealkylation sites (N-methyl/N-ethyl adjacent to an activating group) is 1. The van der Waals surface area contributed by atoms with Crippen LogP contribution < -0.4 is 10.6 Å². The predicted molar refractivity (Wildman–Crippen MR) is 103 cm³/mol. The van der Waals surface area contributed by atoms with Gasteiger partial charge in [0.1, 0.15) is 6.61 Å². The van der Waals surface area contributed by atoms with Gasteiger partial charge in [0.05, 0.1) is 6.04 Å². The van der Waals surface area contributed by atoms with E-state index in [-0.39, 0.29) is 12.5 Å². The zero-order valence-electron chi connectivity index (χ0n) is 15.4. The van der Waals surface area contributed by atoms with Crippen LogP contribution in [-0.2, 0) is 22.6 Å². The number of alkyl carbamates (subject to hydrolysis) is 1. The van der Waals surface area contributed by atoms with Gasteiger partial charge in [-0.15, -0.1) is 0 Å². The van der Waals surface area contributed by atoms with Crippen molar-refractivity contribution in [3.05, 3.63) is 71.8 Å². The van der Waals surface area contributed by atoms with Gasteiger partial charge in [0, 0.05) is 0 Å². The molecular weight excluding hydrogens is 344 g/mol. The lowest BCUT2D eigenvalue weighted by atomic mass is 10.0. The molecule has 2 amide bonds. The van der Waals surface area contributed by atoms with E-state index in [1.54, 1.807) is 19.0 Å². The molecule has 0 saturated carbocycles. The van der Waals surface area contributed by atoms with Crippen LogP contribution >= 0.6 is 0 Å². The van der Waals surface area contributed by atoms with Gasteiger partial charge in [0.15, 0.2) is 0 Å². The van der Waals surface area contributed by atoms with Gasteiger partial charge >= 0.3 is 6.09 Å². The van der Waals surface area contributed by atoms with Gasteiger partial charge in [0.25, 0.3) is 0 Å². The lowest BCUT2D eigenvalue weighted by Crippen LogP contribution is -2.51. The summed E-state index contributed by atoms with van der Waals surface area (Å²) in [7, 11) is 3.58. The highest BCUT2D eigenvalue weighted by atomic mass is 16.5. The van der Waals surface area contributed by atoms with Crippen molar-refractivity contribution in [1.29, 1.82) is 5.41 Å². The molecule has 0 spiro atoms. The number of hydrogen-bond acceptors (Lipinski definition) is 5. The minimum Gasteiger partial charge on any atom is -0.444 e. The van der Waals surface area contributed by atoms with Crippen LogP contribution in [0.4, 0.5) is 4.79 Å². The normalized spacial score (nSPS) is 11.5. The van der Waals surface area contributed by atoms with Crippen molar-refractivity contribution in [3.63, 3.8) is 0 Å². The second kappa shape index (κ2) is 10.1. The fourth-order valence-electron chi connectivity index (χ4n) is 2.45. The third-order valence-corrected chi connectivity index (χ3v) is 3.89. The molecule has 0 fully saturated rings. The molecule has 1 atom stereocenters. The lowest BCUT2D eigenvalue weighted by Gasteiger charge is -2.23. The molecule has 0 radical (unpaired) electrons. The van der Waals surface area contributed by atoms with Gasteiger partial charge in [-0.05, 0) is 31.6 Å². The average molecular weight is 368 g/mol. The molecule has 0 bridgehead atoms. The van der Waals surface area contributed by atoms with Crippen LogP contribution in [0.3, 0.4) is 0 Å². The van der Waals surface area contributed by atoms with Crippen molar-refractivity contribution < 1.29 is 14.3 Å². The molecule has 2 aromatic rings. The molecule has 3 N–H and O–H groups in total. The van der Waals surface area contributed by atoms with Crippen molar-refractivity contribution >= 4 is 18.0 Å². The van der Waals surface area contributed by atoms with Crippen LogP contribution in [0.2, 0.25) is 0 Å². The number of carbonyl (C=O) groups excluding carboxylic acids is 2. The standard InChI is InChI=1S/C20H24N4O3/c1-24(2)17(13-15-9-5-3-6-10-15)18(25)22-19(21)23-20(26)27-14-16-11-7-4-8-12-16/h3-12,17H,13-14H2,1-2H3,(H3,21,22,23,25,26)/t17-/m0/s1. The summed E-state index contributed by atoms with van der Waals surface area (Å²) >= 11 is 0. The fraction of sp³-hybridized carbons (Fsp3) is 0.250.